The molecule has 0 radical (unpaired) electrons. The van der Waals surface area contributed by atoms with Crippen LogP contribution in [0.15, 0.2) is 182 Å². The minimum atomic E-state index is -0.383. The number of rotatable bonds is 11. The van der Waals surface area contributed by atoms with Crippen LogP contribution >= 0.6 is 0 Å². The van der Waals surface area contributed by atoms with Crippen molar-refractivity contribution in [2.75, 3.05) is 6.54 Å². The van der Waals surface area contributed by atoms with Crippen LogP contribution in [0.2, 0.25) is 0 Å². The minimum absolute atomic E-state index is 0.383. The first-order valence-corrected chi connectivity index (χ1v) is 16.6. The van der Waals surface area contributed by atoms with E-state index < -0.39 is 0 Å². The second kappa shape index (κ2) is 14.2. The first kappa shape index (κ1) is 30.7. The van der Waals surface area contributed by atoms with Crippen molar-refractivity contribution >= 4 is 5.70 Å². The van der Waals surface area contributed by atoms with Gasteiger partial charge in [-0.25, -0.2) is 0 Å². The van der Waals surface area contributed by atoms with Gasteiger partial charge < -0.3 is 11.1 Å². The maximum atomic E-state index is 5.45. The predicted molar refractivity (Wildman–Crippen MR) is 200 cm³/mol. The Hall–Kier alpha value is -5.93. The third-order valence-corrected chi connectivity index (χ3v) is 9.23. The van der Waals surface area contributed by atoms with Gasteiger partial charge in [-0.1, -0.05) is 152 Å². The molecule has 0 fully saturated rings. The van der Waals surface area contributed by atoms with Gasteiger partial charge in [0.15, 0.2) is 0 Å². The van der Waals surface area contributed by atoms with E-state index in [0.29, 0.717) is 0 Å². The van der Waals surface area contributed by atoms with Gasteiger partial charge in [0.1, 0.15) is 0 Å². The lowest BCUT2D eigenvalue weighted by atomic mass is 9.67. The zero-order valence-electron chi connectivity index (χ0n) is 27.0. The Labute approximate surface area is 283 Å². The molecule has 6 aromatic rings. The van der Waals surface area contributed by atoms with Crippen molar-refractivity contribution in [1.29, 1.82) is 0 Å². The van der Waals surface area contributed by atoms with E-state index in [2.05, 4.69) is 156 Å². The molecule has 7 rings (SSSR count). The van der Waals surface area contributed by atoms with Crippen molar-refractivity contribution in [1.82, 2.24) is 10.3 Å². The summed E-state index contributed by atoms with van der Waals surface area (Å²) >= 11 is 0. The molecule has 234 valence electrons. The van der Waals surface area contributed by atoms with Crippen molar-refractivity contribution in [3.05, 3.63) is 216 Å². The summed E-state index contributed by atoms with van der Waals surface area (Å²) in [6.07, 6.45) is 13.2. The monoisotopic (exact) mass is 621 g/mol. The number of nitrogens with one attached hydrogen (secondary N) is 1. The van der Waals surface area contributed by atoms with Crippen molar-refractivity contribution in [2.45, 2.75) is 18.3 Å². The van der Waals surface area contributed by atoms with Crippen molar-refractivity contribution in [3.63, 3.8) is 0 Å². The lowest BCUT2D eigenvalue weighted by molar-refractivity contribution is 0.768. The summed E-state index contributed by atoms with van der Waals surface area (Å²) in [4.78, 5) is 4.51. The minimum Gasteiger partial charge on any atom is -0.405 e. The molecule has 5 aromatic carbocycles. The second-order valence-electron chi connectivity index (χ2n) is 12.0. The van der Waals surface area contributed by atoms with Crippen LogP contribution in [0.1, 0.15) is 39.9 Å². The number of fused-ring (bicyclic) bond motifs is 3. The molecule has 48 heavy (non-hydrogen) atoms. The molecule has 0 aliphatic heterocycles. The van der Waals surface area contributed by atoms with E-state index >= 15 is 0 Å². The zero-order chi connectivity index (χ0) is 32.6. The van der Waals surface area contributed by atoms with E-state index in [1.807, 2.05) is 30.5 Å². The largest absolute Gasteiger partial charge is 0.405 e. The normalized spacial score (nSPS) is 13.5. The van der Waals surface area contributed by atoms with Crippen LogP contribution in [-0.2, 0) is 11.8 Å². The number of hydrogen-bond acceptors (Lipinski definition) is 3. The Kier molecular flexibility index (Phi) is 9.11. The van der Waals surface area contributed by atoms with Gasteiger partial charge in [0.25, 0.3) is 0 Å². The molecule has 1 aliphatic rings. The maximum Gasteiger partial charge on any atom is 0.0713 e. The molecular weight excluding hydrogens is 583 g/mol. The number of allylic oxidation sites excluding steroid dienone is 3. The maximum absolute atomic E-state index is 5.45. The number of nitrogens with zero attached hydrogens (tertiary/aromatic N) is 1. The molecule has 0 atom stereocenters. The molecule has 3 heteroatoms. The summed E-state index contributed by atoms with van der Waals surface area (Å²) in [5.74, 6) is 0. The van der Waals surface area contributed by atoms with Crippen LogP contribution in [0.4, 0.5) is 0 Å². The Morgan fingerprint density at radius 2 is 1.23 bits per heavy atom. The fraction of sp³-hybridized carbons (Fsp3) is 0.0889. The average Bonchev–Trinajstić information content (AvgIpc) is 3.46. The van der Waals surface area contributed by atoms with Gasteiger partial charge in [0.05, 0.1) is 5.41 Å². The van der Waals surface area contributed by atoms with Crippen LogP contribution < -0.4 is 11.1 Å². The van der Waals surface area contributed by atoms with Crippen molar-refractivity contribution < 1.29 is 0 Å². The molecule has 1 aromatic heterocycles. The zero-order valence-corrected chi connectivity index (χ0v) is 27.0. The molecule has 0 saturated carbocycles. The first-order chi connectivity index (χ1) is 23.8. The molecule has 0 unspecified atom stereocenters. The standard InChI is InChI=1S/C45H39N3/c46-31-11-1-2-12-33-48-44(30-29-39-16-10-13-32-47-39)36-23-21-34(22-24-36)35-25-27-38(28-26-35)45(37-14-4-3-5-15-37)42-19-8-6-17-40(42)41-18-7-9-20-43(41)45/h1-11,13-28,30-32,48H,12,29,33,46H2/b2-1-,31-11-,44-30-. The highest BCUT2D eigenvalue weighted by Gasteiger charge is 2.45. The smallest absolute Gasteiger partial charge is 0.0713 e. The second-order valence-corrected chi connectivity index (χ2v) is 12.0. The van der Waals surface area contributed by atoms with E-state index in [0.717, 1.165) is 36.3 Å². The molecule has 0 bridgehead atoms. The van der Waals surface area contributed by atoms with Gasteiger partial charge >= 0.3 is 0 Å². The van der Waals surface area contributed by atoms with Gasteiger partial charge in [-0.05, 0) is 80.9 Å². The lowest BCUT2D eigenvalue weighted by Gasteiger charge is -2.34. The predicted octanol–water partition coefficient (Wildman–Crippen LogP) is 9.70. The summed E-state index contributed by atoms with van der Waals surface area (Å²) in [5.41, 5.74) is 18.6. The molecular formula is C45H39N3. The molecule has 1 aliphatic carbocycles. The average molecular weight is 622 g/mol. The van der Waals surface area contributed by atoms with Crippen LogP contribution in [0.25, 0.3) is 28.0 Å². The van der Waals surface area contributed by atoms with Crippen molar-refractivity contribution in [3.8, 4) is 22.3 Å². The van der Waals surface area contributed by atoms with Gasteiger partial charge in [-0.3, -0.25) is 4.98 Å². The molecule has 3 N–H and O–H groups in total. The van der Waals surface area contributed by atoms with Gasteiger partial charge in [-0.15, -0.1) is 0 Å². The quantitative estimate of drug-likeness (QED) is 0.112. The molecule has 1 heterocycles. The first-order valence-electron chi connectivity index (χ1n) is 16.6. The Morgan fingerprint density at radius 1 is 0.625 bits per heavy atom. The van der Waals surface area contributed by atoms with Gasteiger partial charge in [0.2, 0.25) is 0 Å². The fourth-order valence-electron chi connectivity index (χ4n) is 7.01. The van der Waals surface area contributed by atoms with Crippen LogP contribution in [0.5, 0.6) is 0 Å². The van der Waals surface area contributed by atoms with Crippen LogP contribution in [0.3, 0.4) is 0 Å². The highest BCUT2D eigenvalue weighted by Crippen LogP contribution is 2.56. The lowest BCUT2D eigenvalue weighted by Crippen LogP contribution is -2.28. The SMILES string of the molecule is N/C=C\C=C/CCN/C(=C\Cc1ccccn1)c1ccc(-c2ccc(C3(c4ccccc4)c4ccccc4-c4ccccc43)cc2)cc1. The highest BCUT2D eigenvalue weighted by atomic mass is 14.9. The van der Waals surface area contributed by atoms with Crippen molar-refractivity contribution in [2.24, 2.45) is 5.73 Å². The molecule has 3 nitrogen and oxygen atoms in total. The summed E-state index contributed by atoms with van der Waals surface area (Å²) in [6, 6.07) is 52.8. The van der Waals surface area contributed by atoms with Crippen LogP contribution in [0, 0.1) is 0 Å². The van der Waals surface area contributed by atoms with E-state index in [-0.39, 0.29) is 5.41 Å². The van der Waals surface area contributed by atoms with E-state index in [1.165, 1.54) is 44.5 Å². The van der Waals surface area contributed by atoms with Crippen LogP contribution in [-0.4, -0.2) is 11.5 Å². The number of benzene rings is 5. The van der Waals surface area contributed by atoms with Gasteiger partial charge in [0, 0.05) is 30.6 Å². The fourth-order valence-corrected chi connectivity index (χ4v) is 7.01. The third kappa shape index (κ3) is 5.99. The number of pyridine rings is 1. The molecule has 0 amide bonds. The highest BCUT2D eigenvalue weighted by molar-refractivity contribution is 5.86. The topological polar surface area (TPSA) is 50.9 Å². The summed E-state index contributed by atoms with van der Waals surface area (Å²) in [6.45, 7) is 0.821. The Balaban J connectivity index is 1.20. The van der Waals surface area contributed by atoms with Gasteiger partial charge in [-0.2, -0.15) is 0 Å². The number of nitrogens with two attached hydrogens (primary N) is 1. The Morgan fingerprint density at radius 3 is 1.88 bits per heavy atom. The van der Waals surface area contributed by atoms with E-state index in [1.54, 1.807) is 6.20 Å². The number of hydrogen-bond donors (Lipinski definition) is 2. The third-order valence-electron chi connectivity index (χ3n) is 9.23. The molecule has 0 saturated heterocycles. The van der Waals surface area contributed by atoms with E-state index in [4.69, 9.17) is 5.73 Å². The summed E-state index contributed by atoms with van der Waals surface area (Å²) in [7, 11) is 0. The number of aromatic nitrogens is 1. The summed E-state index contributed by atoms with van der Waals surface area (Å²) in [5, 5.41) is 3.64. The molecule has 0 spiro atoms. The summed E-state index contributed by atoms with van der Waals surface area (Å²) < 4.78 is 0. The van der Waals surface area contributed by atoms with E-state index in [9.17, 15) is 0 Å². The Bertz CT molecular complexity index is 2010.